The van der Waals surface area contributed by atoms with Gasteiger partial charge in [-0.1, -0.05) is 54.6 Å². The lowest BCUT2D eigenvalue weighted by Gasteiger charge is -2.12. The number of carbonyl (C=O) groups excluding carboxylic acids is 1. The molecule has 4 nitrogen and oxygen atoms in total. The number of rotatable bonds is 6. The van der Waals surface area contributed by atoms with E-state index in [4.69, 9.17) is 0 Å². The number of thiazole rings is 1. The Morgan fingerprint density at radius 3 is 2.52 bits per heavy atom. The highest BCUT2D eigenvalue weighted by molar-refractivity contribution is 7.14. The van der Waals surface area contributed by atoms with Crippen LogP contribution in [0.5, 0.6) is 0 Å². The number of nitrogens with zero attached hydrogens (tertiary/aromatic N) is 1. The van der Waals surface area contributed by atoms with Crippen molar-refractivity contribution in [3.05, 3.63) is 71.1 Å². The zero-order valence-electron chi connectivity index (χ0n) is 14.3. The molecule has 3 rings (SSSR count). The van der Waals surface area contributed by atoms with E-state index >= 15 is 0 Å². The van der Waals surface area contributed by atoms with Gasteiger partial charge in [-0.2, -0.15) is 0 Å². The summed E-state index contributed by atoms with van der Waals surface area (Å²) in [5, 5.41) is 9.22. The van der Waals surface area contributed by atoms with E-state index in [0.717, 1.165) is 22.0 Å². The minimum absolute atomic E-state index is 0.0215. The first-order valence-corrected chi connectivity index (χ1v) is 9.10. The Balaban J connectivity index is 1.66. The average molecular weight is 351 g/mol. The lowest BCUT2D eigenvalue weighted by molar-refractivity contribution is -0.119. The molecule has 5 heteroatoms. The second-order valence-corrected chi connectivity index (χ2v) is 6.78. The molecule has 2 N–H and O–H groups in total. The maximum Gasteiger partial charge on any atom is 0.217 e. The number of anilines is 1. The van der Waals surface area contributed by atoms with Crippen molar-refractivity contribution in [3.8, 4) is 11.3 Å². The Morgan fingerprint density at radius 1 is 1.12 bits per heavy atom. The summed E-state index contributed by atoms with van der Waals surface area (Å²) in [7, 11) is 0. The minimum atomic E-state index is -0.0215. The van der Waals surface area contributed by atoms with Crippen LogP contribution in [0.3, 0.4) is 0 Å². The topological polar surface area (TPSA) is 54.0 Å². The average Bonchev–Trinajstić information content (AvgIpc) is 3.09. The van der Waals surface area contributed by atoms with Crippen molar-refractivity contribution < 1.29 is 4.79 Å². The second kappa shape index (κ2) is 7.94. The summed E-state index contributed by atoms with van der Waals surface area (Å²) in [6.45, 7) is 4.20. The van der Waals surface area contributed by atoms with Gasteiger partial charge in [0.25, 0.3) is 0 Å². The van der Waals surface area contributed by atoms with Gasteiger partial charge in [0.15, 0.2) is 5.13 Å². The fraction of sp³-hybridized carbons (Fsp3) is 0.200. The van der Waals surface area contributed by atoms with Gasteiger partial charge in [-0.05, 0) is 18.1 Å². The molecule has 0 radical (unpaired) electrons. The van der Waals surface area contributed by atoms with Gasteiger partial charge in [0.1, 0.15) is 0 Å². The van der Waals surface area contributed by atoms with Crippen LogP contribution in [-0.2, 0) is 11.3 Å². The van der Waals surface area contributed by atoms with Gasteiger partial charge < -0.3 is 10.6 Å². The van der Waals surface area contributed by atoms with Gasteiger partial charge in [-0.15, -0.1) is 11.3 Å². The summed E-state index contributed by atoms with van der Waals surface area (Å²) in [4.78, 5) is 15.7. The summed E-state index contributed by atoms with van der Waals surface area (Å²) < 4.78 is 0. The molecule has 128 valence electrons. The van der Waals surface area contributed by atoms with Gasteiger partial charge in [0.2, 0.25) is 5.91 Å². The van der Waals surface area contributed by atoms with Gasteiger partial charge in [0, 0.05) is 24.4 Å². The quantitative estimate of drug-likeness (QED) is 0.681. The molecular formula is C20H21N3OS. The molecular weight excluding hydrogens is 330 g/mol. The van der Waals surface area contributed by atoms with Crippen LogP contribution in [-0.4, -0.2) is 10.9 Å². The van der Waals surface area contributed by atoms with Crippen molar-refractivity contribution in [2.24, 2.45) is 0 Å². The normalized spacial score (nSPS) is 11.8. The number of carbonyl (C=O) groups is 1. The third-order valence-corrected chi connectivity index (χ3v) is 4.71. The molecule has 0 saturated carbocycles. The Labute approximate surface area is 151 Å². The van der Waals surface area contributed by atoms with E-state index in [9.17, 15) is 4.79 Å². The van der Waals surface area contributed by atoms with Crippen LogP contribution in [0.2, 0.25) is 0 Å². The smallest absolute Gasteiger partial charge is 0.217 e. The zero-order valence-corrected chi connectivity index (χ0v) is 15.1. The van der Waals surface area contributed by atoms with Crippen molar-refractivity contribution >= 4 is 22.4 Å². The Bertz CT molecular complexity index is 828. The lowest BCUT2D eigenvalue weighted by atomic mass is 10.1. The molecule has 0 fully saturated rings. The monoisotopic (exact) mass is 351 g/mol. The second-order valence-electron chi connectivity index (χ2n) is 5.92. The first-order valence-electron chi connectivity index (χ1n) is 8.22. The standard InChI is InChI=1S/C20H21N3OS/c1-14(17-6-4-3-5-7-17)22-20-23-19(13-25-20)18-10-8-16(9-11-18)12-21-15(2)24/h3-11,13-14H,12H2,1-2H3,(H,21,24)(H,22,23)/t14-/m1/s1. The molecule has 0 aliphatic rings. The van der Waals surface area contributed by atoms with E-state index in [0.29, 0.717) is 6.54 Å². The van der Waals surface area contributed by atoms with Crippen LogP contribution >= 0.6 is 11.3 Å². The number of hydrogen-bond acceptors (Lipinski definition) is 4. The van der Waals surface area contributed by atoms with Crippen LogP contribution < -0.4 is 10.6 Å². The lowest BCUT2D eigenvalue weighted by Crippen LogP contribution is -2.18. The van der Waals surface area contributed by atoms with Crippen LogP contribution in [0.15, 0.2) is 60.0 Å². The molecule has 0 saturated heterocycles. The summed E-state index contributed by atoms with van der Waals surface area (Å²) in [6.07, 6.45) is 0. The summed E-state index contributed by atoms with van der Waals surface area (Å²) in [5.41, 5.74) is 4.34. The fourth-order valence-corrected chi connectivity index (χ4v) is 3.31. The summed E-state index contributed by atoms with van der Waals surface area (Å²) >= 11 is 1.61. The van der Waals surface area contributed by atoms with Crippen LogP contribution in [0.25, 0.3) is 11.3 Å². The van der Waals surface area contributed by atoms with Crippen LogP contribution in [0.1, 0.15) is 31.0 Å². The highest BCUT2D eigenvalue weighted by Crippen LogP contribution is 2.27. The summed E-state index contributed by atoms with van der Waals surface area (Å²) in [5.74, 6) is -0.0215. The maximum absolute atomic E-state index is 11.0. The molecule has 0 aliphatic carbocycles. The first kappa shape index (κ1) is 17.2. The highest BCUT2D eigenvalue weighted by atomic mass is 32.1. The number of amides is 1. The molecule has 0 spiro atoms. The highest BCUT2D eigenvalue weighted by Gasteiger charge is 2.09. The Morgan fingerprint density at radius 2 is 1.84 bits per heavy atom. The fourth-order valence-electron chi connectivity index (χ4n) is 2.50. The van der Waals surface area contributed by atoms with Crippen molar-refractivity contribution in [1.82, 2.24) is 10.3 Å². The molecule has 1 amide bonds. The van der Waals surface area contributed by atoms with E-state index < -0.39 is 0 Å². The molecule has 0 aliphatic heterocycles. The molecule has 1 aromatic heterocycles. The van der Waals surface area contributed by atoms with Gasteiger partial charge in [0.05, 0.1) is 11.7 Å². The van der Waals surface area contributed by atoms with Crippen molar-refractivity contribution in [2.45, 2.75) is 26.4 Å². The Hall–Kier alpha value is -2.66. The molecule has 1 heterocycles. The van der Waals surface area contributed by atoms with Gasteiger partial charge in [-0.3, -0.25) is 4.79 Å². The van der Waals surface area contributed by atoms with E-state index in [1.807, 2.05) is 42.5 Å². The first-order chi connectivity index (χ1) is 12.1. The van der Waals surface area contributed by atoms with Crippen molar-refractivity contribution in [2.75, 3.05) is 5.32 Å². The summed E-state index contributed by atoms with van der Waals surface area (Å²) in [6, 6.07) is 18.7. The predicted molar refractivity (Wildman–Crippen MR) is 104 cm³/mol. The van der Waals surface area contributed by atoms with E-state index in [1.54, 1.807) is 11.3 Å². The predicted octanol–water partition coefficient (Wildman–Crippen LogP) is 4.62. The molecule has 0 bridgehead atoms. The number of benzene rings is 2. The SMILES string of the molecule is CC(=O)NCc1ccc(-c2csc(N[C@H](C)c3ccccc3)n2)cc1. The molecule has 3 aromatic rings. The van der Waals surface area contributed by atoms with E-state index in [1.165, 1.54) is 12.5 Å². The third-order valence-electron chi connectivity index (χ3n) is 3.93. The number of aromatic nitrogens is 1. The molecule has 25 heavy (non-hydrogen) atoms. The molecule has 1 atom stereocenters. The number of nitrogens with one attached hydrogen (secondary N) is 2. The largest absolute Gasteiger partial charge is 0.355 e. The van der Waals surface area contributed by atoms with Crippen molar-refractivity contribution in [1.29, 1.82) is 0 Å². The zero-order chi connectivity index (χ0) is 17.6. The minimum Gasteiger partial charge on any atom is -0.355 e. The van der Waals surface area contributed by atoms with Crippen LogP contribution in [0.4, 0.5) is 5.13 Å². The Kier molecular flexibility index (Phi) is 5.46. The molecule has 0 unspecified atom stereocenters. The third kappa shape index (κ3) is 4.67. The van der Waals surface area contributed by atoms with Gasteiger partial charge >= 0.3 is 0 Å². The number of hydrogen-bond donors (Lipinski definition) is 2. The van der Waals surface area contributed by atoms with Crippen LogP contribution in [0, 0.1) is 0 Å². The van der Waals surface area contributed by atoms with Crippen molar-refractivity contribution in [3.63, 3.8) is 0 Å². The van der Waals surface area contributed by atoms with E-state index in [2.05, 4.69) is 40.1 Å². The molecule has 2 aromatic carbocycles. The maximum atomic E-state index is 11.0. The van der Waals surface area contributed by atoms with Gasteiger partial charge in [-0.25, -0.2) is 4.98 Å². The van der Waals surface area contributed by atoms with E-state index in [-0.39, 0.29) is 11.9 Å².